The van der Waals surface area contributed by atoms with Crippen molar-refractivity contribution in [3.05, 3.63) is 35.4 Å². The predicted octanol–water partition coefficient (Wildman–Crippen LogP) is 3.26. The van der Waals surface area contributed by atoms with Crippen LogP contribution in [0.25, 0.3) is 0 Å². The lowest BCUT2D eigenvalue weighted by molar-refractivity contribution is 0.128. The van der Waals surface area contributed by atoms with E-state index in [4.69, 9.17) is 4.74 Å². The SMILES string of the molecule is CC(C)N1C(=O)O[C@H](c2ccc(F)c(F)c2)[C@@H]1C. The second kappa shape index (κ2) is 4.55. The summed E-state index contributed by atoms with van der Waals surface area (Å²) in [5, 5.41) is 0. The Kier molecular flexibility index (Phi) is 3.24. The molecule has 1 aliphatic rings. The van der Waals surface area contributed by atoms with Gasteiger partial charge in [-0.15, -0.1) is 0 Å². The molecule has 5 heteroatoms. The van der Waals surface area contributed by atoms with Crippen LogP contribution in [0.3, 0.4) is 0 Å². The molecule has 1 aliphatic heterocycles. The first-order valence-electron chi connectivity index (χ1n) is 5.85. The molecule has 0 bridgehead atoms. The molecule has 1 heterocycles. The van der Waals surface area contributed by atoms with Crippen molar-refractivity contribution in [1.29, 1.82) is 0 Å². The molecule has 0 aromatic heterocycles. The Bertz CT molecular complexity index is 476. The van der Waals surface area contributed by atoms with E-state index in [0.29, 0.717) is 5.56 Å². The zero-order valence-electron chi connectivity index (χ0n) is 10.5. The molecule has 0 radical (unpaired) electrons. The molecule has 2 rings (SSSR count). The van der Waals surface area contributed by atoms with Gasteiger partial charge in [0.05, 0.1) is 6.04 Å². The highest BCUT2D eigenvalue weighted by atomic mass is 19.2. The summed E-state index contributed by atoms with van der Waals surface area (Å²) >= 11 is 0. The van der Waals surface area contributed by atoms with Gasteiger partial charge in [0.1, 0.15) is 6.10 Å². The predicted molar refractivity (Wildman–Crippen MR) is 62.0 cm³/mol. The van der Waals surface area contributed by atoms with E-state index in [9.17, 15) is 13.6 Å². The van der Waals surface area contributed by atoms with Gasteiger partial charge in [-0.3, -0.25) is 4.90 Å². The lowest BCUT2D eigenvalue weighted by atomic mass is 10.0. The monoisotopic (exact) mass is 255 g/mol. The zero-order valence-corrected chi connectivity index (χ0v) is 10.5. The maximum atomic E-state index is 13.2. The third-order valence-corrected chi connectivity index (χ3v) is 3.14. The van der Waals surface area contributed by atoms with E-state index in [2.05, 4.69) is 0 Å². The Balaban J connectivity index is 2.30. The van der Waals surface area contributed by atoms with Crippen LogP contribution in [-0.4, -0.2) is 23.1 Å². The molecule has 1 amide bonds. The van der Waals surface area contributed by atoms with Crippen molar-refractivity contribution in [1.82, 2.24) is 4.90 Å². The molecule has 1 aromatic rings. The molecule has 1 saturated heterocycles. The van der Waals surface area contributed by atoms with Crippen LogP contribution < -0.4 is 0 Å². The summed E-state index contributed by atoms with van der Waals surface area (Å²) in [6.07, 6.45) is -0.984. The van der Waals surface area contributed by atoms with Crippen molar-refractivity contribution in [2.45, 2.75) is 39.0 Å². The topological polar surface area (TPSA) is 29.5 Å². The molecule has 3 nitrogen and oxygen atoms in total. The fourth-order valence-corrected chi connectivity index (χ4v) is 2.30. The van der Waals surface area contributed by atoms with Crippen LogP contribution in [0.1, 0.15) is 32.4 Å². The van der Waals surface area contributed by atoms with Gasteiger partial charge in [-0.1, -0.05) is 6.07 Å². The van der Waals surface area contributed by atoms with Crippen LogP contribution in [0.5, 0.6) is 0 Å². The van der Waals surface area contributed by atoms with Gasteiger partial charge < -0.3 is 4.74 Å². The molecule has 0 unspecified atom stereocenters. The van der Waals surface area contributed by atoms with Crippen LogP contribution in [0.4, 0.5) is 13.6 Å². The Morgan fingerprint density at radius 3 is 2.44 bits per heavy atom. The van der Waals surface area contributed by atoms with E-state index in [1.165, 1.54) is 6.07 Å². The quantitative estimate of drug-likeness (QED) is 0.811. The third kappa shape index (κ3) is 2.05. The average Bonchev–Trinajstić information content (AvgIpc) is 2.58. The molecule has 0 saturated carbocycles. The summed E-state index contributed by atoms with van der Waals surface area (Å²) in [5.41, 5.74) is 0.470. The standard InChI is InChI=1S/C13H15F2NO2/c1-7(2)16-8(3)12(18-13(16)17)9-4-5-10(14)11(15)6-9/h4-8,12H,1-3H3/t8-,12-/m0/s1. The molecule has 0 aliphatic carbocycles. The number of carbonyl (C=O) groups excluding carboxylic acids is 1. The maximum absolute atomic E-state index is 13.2. The first kappa shape index (κ1) is 12.8. The highest BCUT2D eigenvalue weighted by molar-refractivity contribution is 5.71. The maximum Gasteiger partial charge on any atom is 0.411 e. The molecule has 2 atom stereocenters. The van der Waals surface area contributed by atoms with Gasteiger partial charge in [0, 0.05) is 6.04 Å². The van der Waals surface area contributed by atoms with Crippen molar-refractivity contribution in [3.63, 3.8) is 0 Å². The highest BCUT2D eigenvalue weighted by Crippen LogP contribution is 2.33. The third-order valence-electron chi connectivity index (χ3n) is 3.14. The fraction of sp³-hybridized carbons (Fsp3) is 0.462. The van der Waals surface area contributed by atoms with Crippen LogP contribution in [0.15, 0.2) is 18.2 Å². The second-order valence-corrected chi connectivity index (χ2v) is 4.72. The van der Waals surface area contributed by atoms with Crippen molar-refractivity contribution >= 4 is 6.09 Å². The van der Waals surface area contributed by atoms with Crippen molar-refractivity contribution in [2.24, 2.45) is 0 Å². The number of nitrogens with zero attached hydrogens (tertiary/aromatic N) is 1. The van der Waals surface area contributed by atoms with Crippen molar-refractivity contribution < 1.29 is 18.3 Å². The summed E-state index contributed by atoms with van der Waals surface area (Å²) in [7, 11) is 0. The Labute approximate surface area is 104 Å². The van der Waals surface area contributed by atoms with Crippen molar-refractivity contribution in [2.75, 3.05) is 0 Å². The number of amides is 1. The molecule has 0 N–H and O–H groups in total. The summed E-state index contributed by atoms with van der Waals surface area (Å²) in [5.74, 6) is -1.84. The molecular weight excluding hydrogens is 240 g/mol. The zero-order chi connectivity index (χ0) is 13.4. The van der Waals surface area contributed by atoms with E-state index in [1.807, 2.05) is 20.8 Å². The molecule has 98 valence electrons. The molecule has 1 fully saturated rings. The van der Waals surface area contributed by atoms with E-state index in [0.717, 1.165) is 12.1 Å². The first-order valence-corrected chi connectivity index (χ1v) is 5.85. The minimum absolute atomic E-state index is 0.00259. The van der Waals surface area contributed by atoms with Gasteiger partial charge in [0.25, 0.3) is 0 Å². The average molecular weight is 255 g/mol. The van der Waals surface area contributed by atoms with Gasteiger partial charge in [-0.25, -0.2) is 13.6 Å². The number of hydrogen-bond donors (Lipinski definition) is 0. The lowest BCUT2D eigenvalue weighted by Crippen LogP contribution is -2.37. The molecule has 1 aromatic carbocycles. The molecule has 0 spiro atoms. The number of rotatable bonds is 2. The smallest absolute Gasteiger partial charge is 0.411 e. The highest BCUT2D eigenvalue weighted by Gasteiger charge is 2.41. The number of benzene rings is 1. The largest absolute Gasteiger partial charge is 0.439 e. The lowest BCUT2D eigenvalue weighted by Gasteiger charge is -2.24. The summed E-state index contributed by atoms with van der Waals surface area (Å²) in [6, 6.07) is 3.36. The van der Waals surface area contributed by atoms with E-state index >= 15 is 0 Å². The second-order valence-electron chi connectivity index (χ2n) is 4.72. The van der Waals surface area contributed by atoms with Gasteiger partial charge in [-0.05, 0) is 38.5 Å². The number of cyclic esters (lactones) is 1. The first-order chi connectivity index (χ1) is 8.41. The number of ether oxygens (including phenoxy) is 1. The number of hydrogen-bond acceptors (Lipinski definition) is 2. The van der Waals surface area contributed by atoms with E-state index in [-0.39, 0.29) is 12.1 Å². The van der Waals surface area contributed by atoms with Crippen LogP contribution >= 0.6 is 0 Å². The van der Waals surface area contributed by atoms with Crippen LogP contribution in [0, 0.1) is 11.6 Å². The number of halogens is 2. The molecular formula is C13H15F2NO2. The Morgan fingerprint density at radius 1 is 1.28 bits per heavy atom. The van der Waals surface area contributed by atoms with Gasteiger partial charge in [0.15, 0.2) is 11.6 Å². The van der Waals surface area contributed by atoms with Crippen LogP contribution in [0.2, 0.25) is 0 Å². The van der Waals surface area contributed by atoms with Crippen molar-refractivity contribution in [3.8, 4) is 0 Å². The van der Waals surface area contributed by atoms with Crippen LogP contribution in [-0.2, 0) is 4.74 Å². The number of carbonyl (C=O) groups is 1. The van der Waals surface area contributed by atoms with Gasteiger partial charge in [0.2, 0.25) is 0 Å². The minimum Gasteiger partial charge on any atom is -0.439 e. The Morgan fingerprint density at radius 2 is 1.94 bits per heavy atom. The van der Waals surface area contributed by atoms with Gasteiger partial charge >= 0.3 is 6.09 Å². The molecule has 18 heavy (non-hydrogen) atoms. The Hall–Kier alpha value is -1.65. The minimum atomic E-state index is -0.932. The summed E-state index contributed by atoms with van der Waals surface area (Å²) in [4.78, 5) is 13.3. The summed E-state index contributed by atoms with van der Waals surface area (Å²) < 4.78 is 31.3. The van der Waals surface area contributed by atoms with E-state index in [1.54, 1.807) is 4.90 Å². The normalized spacial score (nSPS) is 23.7. The van der Waals surface area contributed by atoms with Gasteiger partial charge in [-0.2, -0.15) is 0 Å². The summed E-state index contributed by atoms with van der Waals surface area (Å²) in [6.45, 7) is 5.59. The fourth-order valence-electron chi connectivity index (χ4n) is 2.30. The van der Waals surface area contributed by atoms with E-state index < -0.39 is 23.8 Å².